The quantitative estimate of drug-likeness (QED) is 0.767. The molecule has 0 aliphatic carbocycles. The fourth-order valence-corrected chi connectivity index (χ4v) is 3.70. The predicted molar refractivity (Wildman–Crippen MR) is 93.6 cm³/mol. The van der Waals surface area contributed by atoms with Crippen molar-refractivity contribution in [1.29, 1.82) is 0 Å². The van der Waals surface area contributed by atoms with Crippen molar-refractivity contribution in [2.24, 2.45) is 0 Å². The highest BCUT2D eigenvalue weighted by Crippen LogP contribution is 2.31. The molecule has 2 fully saturated rings. The summed E-state index contributed by atoms with van der Waals surface area (Å²) in [4.78, 5) is 39.1. The zero-order valence-corrected chi connectivity index (χ0v) is 15.3. The summed E-state index contributed by atoms with van der Waals surface area (Å²) in [6, 6.07) is 4.12. The van der Waals surface area contributed by atoms with Gasteiger partial charge in [0.05, 0.1) is 22.6 Å². The molecule has 9 heteroatoms. The number of halogens is 2. The van der Waals surface area contributed by atoms with E-state index >= 15 is 0 Å². The molecule has 7 nitrogen and oxygen atoms in total. The fraction of sp³-hybridized carbons (Fsp3) is 0.438. The molecule has 1 spiro atoms. The average molecular weight is 385 g/mol. The minimum absolute atomic E-state index is 0.143. The number of carbonyl (C=O) groups excluding carboxylic acids is 3. The fourth-order valence-electron chi connectivity index (χ4n) is 3.22. The molecule has 1 aromatic rings. The van der Waals surface area contributed by atoms with Gasteiger partial charge >= 0.3 is 12.1 Å². The van der Waals surface area contributed by atoms with E-state index in [2.05, 4.69) is 10.6 Å². The summed E-state index contributed by atoms with van der Waals surface area (Å²) in [5, 5.41) is 6.37. The molecule has 0 radical (unpaired) electrons. The Kier molecular flexibility index (Phi) is 4.55. The van der Waals surface area contributed by atoms with Gasteiger partial charge in [0.25, 0.3) is 5.91 Å². The number of hydrogen-bond acceptors (Lipinski definition) is 3. The smallest absolute Gasteiger partial charge is 0.324 e. The maximum atomic E-state index is 12.5. The van der Waals surface area contributed by atoms with Crippen molar-refractivity contribution in [1.82, 2.24) is 20.4 Å². The Hall–Kier alpha value is -1.99. The molecule has 2 saturated heterocycles. The molecule has 0 bridgehead atoms. The number of urea groups is 2. The highest BCUT2D eigenvalue weighted by atomic mass is 35.5. The zero-order chi connectivity index (χ0) is 18.4. The van der Waals surface area contributed by atoms with Crippen molar-refractivity contribution in [3.8, 4) is 0 Å². The summed E-state index contributed by atoms with van der Waals surface area (Å²) in [5.74, 6) is -0.307. The van der Waals surface area contributed by atoms with Crippen LogP contribution in [-0.2, 0) is 4.79 Å². The third-order valence-corrected chi connectivity index (χ3v) is 5.54. The van der Waals surface area contributed by atoms with E-state index in [-0.39, 0.29) is 24.5 Å². The van der Waals surface area contributed by atoms with Gasteiger partial charge in [0, 0.05) is 13.6 Å². The van der Waals surface area contributed by atoms with Gasteiger partial charge in [0.1, 0.15) is 5.54 Å². The van der Waals surface area contributed by atoms with E-state index in [4.69, 9.17) is 23.2 Å². The van der Waals surface area contributed by atoms with E-state index in [1.54, 1.807) is 25.1 Å². The van der Waals surface area contributed by atoms with Gasteiger partial charge in [0.2, 0.25) is 0 Å². The average Bonchev–Trinajstić information content (AvgIpc) is 3.08. The van der Waals surface area contributed by atoms with Crippen molar-refractivity contribution in [2.75, 3.05) is 20.1 Å². The summed E-state index contributed by atoms with van der Waals surface area (Å²) in [7, 11) is 1.43. The lowest BCUT2D eigenvalue weighted by atomic mass is 9.99. The Bertz CT molecular complexity index is 757. The second-order valence-corrected chi connectivity index (χ2v) is 7.15. The number of carbonyl (C=O) groups is 3. The van der Waals surface area contributed by atoms with Crippen LogP contribution in [0, 0.1) is 0 Å². The third-order valence-electron chi connectivity index (χ3n) is 4.71. The first-order valence-corrected chi connectivity index (χ1v) is 8.60. The molecule has 0 aromatic heterocycles. The second-order valence-electron chi connectivity index (χ2n) is 6.36. The van der Waals surface area contributed by atoms with E-state index in [1.165, 1.54) is 11.9 Å². The number of benzene rings is 1. The van der Waals surface area contributed by atoms with Crippen LogP contribution in [0.2, 0.25) is 10.0 Å². The predicted octanol–water partition coefficient (Wildman–Crippen LogP) is 2.39. The Morgan fingerprint density at radius 2 is 2.08 bits per heavy atom. The lowest BCUT2D eigenvalue weighted by molar-refractivity contribution is -0.129. The van der Waals surface area contributed by atoms with Crippen molar-refractivity contribution in [3.05, 3.63) is 33.8 Å². The normalized spacial score (nSPS) is 24.0. The topological polar surface area (TPSA) is 81.8 Å². The summed E-state index contributed by atoms with van der Waals surface area (Å²) in [6.07, 6.45) is 0.391. The molecular formula is C16H18Cl2N4O3. The summed E-state index contributed by atoms with van der Waals surface area (Å²) in [6.45, 7) is 2.32. The molecule has 2 aliphatic heterocycles. The molecule has 3 rings (SSSR count). The molecule has 2 N–H and O–H groups in total. The van der Waals surface area contributed by atoms with Crippen molar-refractivity contribution in [3.63, 3.8) is 0 Å². The Morgan fingerprint density at radius 3 is 2.72 bits per heavy atom. The number of rotatable bonds is 2. The van der Waals surface area contributed by atoms with E-state index in [0.29, 0.717) is 28.6 Å². The maximum absolute atomic E-state index is 12.5. The first-order chi connectivity index (χ1) is 11.7. The van der Waals surface area contributed by atoms with Gasteiger partial charge in [-0.05, 0) is 25.0 Å². The first-order valence-electron chi connectivity index (χ1n) is 7.85. The largest absolute Gasteiger partial charge is 0.331 e. The zero-order valence-electron chi connectivity index (χ0n) is 13.8. The van der Waals surface area contributed by atoms with Crippen molar-refractivity contribution < 1.29 is 14.4 Å². The number of likely N-dealkylation sites (N-methyl/N-ethyl adjacent to an activating group) is 1. The van der Waals surface area contributed by atoms with Gasteiger partial charge in [-0.2, -0.15) is 0 Å². The minimum Gasteiger partial charge on any atom is -0.331 e. The van der Waals surface area contributed by atoms with E-state index in [1.807, 2.05) is 0 Å². The van der Waals surface area contributed by atoms with Crippen LogP contribution < -0.4 is 10.6 Å². The van der Waals surface area contributed by atoms with Crippen LogP contribution in [0.3, 0.4) is 0 Å². The van der Waals surface area contributed by atoms with Crippen LogP contribution in [0.15, 0.2) is 18.2 Å². The van der Waals surface area contributed by atoms with Crippen LogP contribution in [0.1, 0.15) is 24.9 Å². The highest BCUT2D eigenvalue weighted by molar-refractivity contribution is 6.42. The van der Waals surface area contributed by atoms with Crippen molar-refractivity contribution >= 4 is 41.2 Å². The number of imide groups is 1. The Morgan fingerprint density at radius 1 is 1.36 bits per heavy atom. The Balaban J connectivity index is 1.68. The molecular weight excluding hydrogens is 367 g/mol. The van der Waals surface area contributed by atoms with Crippen LogP contribution in [0.5, 0.6) is 0 Å². The van der Waals surface area contributed by atoms with Crippen LogP contribution in [0.25, 0.3) is 0 Å². The highest BCUT2D eigenvalue weighted by Gasteiger charge is 2.54. The number of hydrogen-bond donors (Lipinski definition) is 2. The molecule has 25 heavy (non-hydrogen) atoms. The second kappa shape index (κ2) is 6.38. The van der Waals surface area contributed by atoms with Gasteiger partial charge in [0.15, 0.2) is 0 Å². The molecule has 2 heterocycles. The summed E-state index contributed by atoms with van der Waals surface area (Å²) in [5.41, 5.74) is -0.304. The van der Waals surface area contributed by atoms with Crippen LogP contribution >= 0.6 is 23.2 Å². The van der Waals surface area contributed by atoms with Gasteiger partial charge in [-0.15, -0.1) is 0 Å². The lowest BCUT2D eigenvalue weighted by Gasteiger charge is -2.24. The van der Waals surface area contributed by atoms with Gasteiger partial charge in [-0.1, -0.05) is 35.3 Å². The third kappa shape index (κ3) is 3.02. The SMILES string of the molecule is CC(NC(=O)N1CCC2(C1)NC(=O)N(C)C2=O)c1cccc(Cl)c1Cl. The number of likely N-dealkylation sites (tertiary alicyclic amines) is 1. The number of nitrogens with zero attached hydrogens (tertiary/aromatic N) is 2. The van der Waals surface area contributed by atoms with Crippen LogP contribution in [0.4, 0.5) is 9.59 Å². The molecule has 5 amide bonds. The molecule has 134 valence electrons. The van der Waals surface area contributed by atoms with Crippen molar-refractivity contribution in [2.45, 2.75) is 24.9 Å². The first kappa shape index (κ1) is 17.8. The van der Waals surface area contributed by atoms with E-state index < -0.39 is 11.6 Å². The van der Waals surface area contributed by atoms with E-state index in [0.717, 1.165) is 4.90 Å². The summed E-state index contributed by atoms with van der Waals surface area (Å²) < 4.78 is 0. The standard InChI is InChI=1S/C16H18Cl2N4O3/c1-9(10-4-3-5-11(17)12(10)18)19-14(24)22-7-6-16(8-22)13(23)21(2)15(25)20-16/h3-5,9H,6-8H2,1-2H3,(H,19,24)(H,20,25). The molecule has 0 saturated carbocycles. The molecule has 2 unspecified atom stereocenters. The summed E-state index contributed by atoms with van der Waals surface area (Å²) >= 11 is 12.2. The lowest BCUT2D eigenvalue weighted by Crippen LogP contribution is -2.51. The Labute approximate surface area is 155 Å². The van der Waals surface area contributed by atoms with Gasteiger partial charge < -0.3 is 15.5 Å². The maximum Gasteiger partial charge on any atom is 0.324 e. The van der Waals surface area contributed by atoms with Gasteiger partial charge in [-0.25, -0.2) is 9.59 Å². The molecule has 2 atom stereocenters. The molecule has 1 aromatic carbocycles. The monoisotopic (exact) mass is 384 g/mol. The van der Waals surface area contributed by atoms with E-state index in [9.17, 15) is 14.4 Å². The number of nitrogens with one attached hydrogen (secondary N) is 2. The number of amides is 5. The van der Waals surface area contributed by atoms with Crippen LogP contribution in [-0.4, -0.2) is 53.4 Å². The van der Waals surface area contributed by atoms with Gasteiger partial charge in [-0.3, -0.25) is 9.69 Å². The minimum atomic E-state index is -1.01. The molecule has 2 aliphatic rings.